The highest BCUT2D eigenvalue weighted by Gasteiger charge is 2.60. The first-order valence-electron chi connectivity index (χ1n) is 6.38. The van der Waals surface area contributed by atoms with E-state index in [1.165, 1.54) is 0 Å². The molecule has 0 spiro atoms. The molecule has 20 heavy (non-hydrogen) atoms. The van der Waals surface area contributed by atoms with E-state index in [0.29, 0.717) is 13.0 Å². The number of aliphatic hydroxyl groups is 6. The standard InChI is InChI=1S/C11H19NO8/c13-5-6(14)8(16)11(19,9(17)7(5)15)20-10(18)4-2-1-3-12-4/h4-9,12-17,19H,1-3H2/t4-,5?,6-,7+,8+,9+,11?/m0/s1. The number of hydrogen-bond acceptors (Lipinski definition) is 9. The van der Waals surface area contributed by atoms with Crippen LogP contribution in [0.25, 0.3) is 0 Å². The molecule has 7 atom stereocenters. The quantitative estimate of drug-likeness (QED) is 0.198. The Balaban J connectivity index is 2.15. The van der Waals surface area contributed by atoms with Gasteiger partial charge in [-0.2, -0.15) is 0 Å². The normalized spacial score (nSPS) is 49.1. The van der Waals surface area contributed by atoms with Crippen LogP contribution in [0.15, 0.2) is 0 Å². The van der Waals surface area contributed by atoms with E-state index in [2.05, 4.69) is 5.32 Å². The van der Waals surface area contributed by atoms with Gasteiger partial charge in [0.1, 0.15) is 24.4 Å². The third-order valence-corrected chi connectivity index (χ3v) is 3.80. The van der Waals surface area contributed by atoms with Crippen LogP contribution in [-0.4, -0.2) is 85.5 Å². The Bertz CT molecular complexity index is 355. The molecule has 7 N–H and O–H groups in total. The number of hydrogen-bond donors (Lipinski definition) is 7. The molecule has 0 aromatic carbocycles. The highest BCUT2D eigenvalue weighted by atomic mass is 16.7. The second-order valence-electron chi connectivity index (χ2n) is 5.18. The van der Waals surface area contributed by atoms with E-state index in [-0.39, 0.29) is 0 Å². The smallest absolute Gasteiger partial charge is 0.325 e. The van der Waals surface area contributed by atoms with E-state index >= 15 is 0 Å². The number of carbonyl (C=O) groups is 1. The molecule has 2 rings (SSSR count). The van der Waals surface area contributed by atoms with Gasteiger partial charge in [-0.1, -0.05) is 0 Å². The van der Waals surface area contributed by atoms with E-state index in [9.17, 15) is 35.4 Å². The molecule has 0 bridgehead atoms. The summed E-state index contributed by atoms with van der Waals surface area (Å²) in [4.78, 5) is 11.8. The third-order valence-electron chi connectivity index (χ3n) is 3.80. The van der Waals surface area contributed by atoms with Crippen molar-refractivity contribution in [2.45, 2.75) is 55.2 Å². The summed E-state index contributed by atoms with van der Waals surface area (Å²) >= 11 is 0. The Morgan fingerprint density at radius 2 is 1.60 bits per heavy atom. The van der Waals surface area contributed by atoms with Gasteiger partial charge in [-0.3, -0.25) is 4.79 Å². The van der Waals surface area contributed by atoms with E-state index in [1.807, 2.05) is 0 Å². The van der Waals surface area contributed by atoms with Crippen molar-refractivity contribution in [2.24, 2.45) is 0 Å². The lowest BCUT2D eigenvalue weighted by atomic mass is 9.82. The van der Waals surface area contributed by atoms with Crippen molar-refractivity contribution in [3.63, 3.8) is 0 Å². The summed E-state index contributed by atoms with van der Waals surface area (Å²) in [7, 11) is 0. The molecular formula is C11H19NO8. The molecule has 1 heterocycles. The van der Waals surface area contributed by atoms with Gasteiger partial charge in [0.05, 0.1) is 0 Å². The van der Waals surface area contributed by atoms with Crippen LogP contribution in [0.4, 0.5) is 0 Å². The van der Waals surface area contributed by atoms with Crippen LogP contribution >= 0.6 is 0 Å². The van der Waals surface area contributed by atoms with Gasteiger partial charge in [0.15, 0.2) is 12.2 Å². The van der Waals surface area contributed by atoms with Crippen LogP contribution < -0.4 is 5.32 Å². The van der Waals surface area contributed by atoms with Crippen molar-refractivity contribution in [1.29, 1.82) is 0 Å². The minimum Gasteiger partial charge on any atom is -0.426 e. The molecule has 2 fully saturated rings. The number of aliphatic hydroxyl groups excluding tert-OH is 5. The van der Waals surface area contributed by atoms with Crippen molar-refractivity contribution in [3.8, 4) is 0 Å². The molecule has 0 aromatic heterocycles. The Morgan fingerprint density at radius 3 is 2.05 bits per heavy atom. The van der Waals surface area contributed by atoms with Crippen LogP contribution in [0, 0.1) is 0 Å². The minimum absolute atomic E-state index is 0.467. The average Bonchev–Trinajstić information content (AvgIpc) is 2.95. The van der Waals surface area contributed by atoms with Gasteiger partial charge in [-0.25, -0.2) is 0 Å². The Kier molecular flexibility index (Phi) is 4.30. The van der Waals surface area contributed by atoms with Crippen LogP contribution in [0.3, 0.4) is 0 Å². The topological polar surface area (TPSA) is 160 Å². The zero-order valence-corrected chi connectivity index (χ0v) is 10.6. The van der Waals surface area contributed by atoms with Crippen molar-refractivity contribution in [3.05, 3.63) is 0 Å². The second-order valence-corrected chi connectivity index (χ2v) is 5.18. The monoisotopic (exact) mass is 293 g/mol. The summed E-state index contributed by atoms with van der Waals surface area (Å²) in [5, 5.41) is 60.7. The molecular weight excluding hydrogens is 274 g/mol. The summed E-state index contributed by atoms with van der Waals surface area (Å²) in [6.07, 6.45) is -8.92. The minimum atomic E-state index is -2.89. The van der Waals surface area contributed by atoms with Crippen molar-refractivity contribution in [2.75, 3.05) is 6.54 Å². The summed E-state index contributed by atoms with van der Waals surface area (Å²) in [5.41, 5.74) is 0. The third kappa shape index (κ3) is 2.42. The molecule has 1 saturated heterocycles. The predicted molar refractivity (Wildman–Crippen MR) is 62.1 cm³/mol. The van der Waals surface area contributed by atoms with E-state index in [0.717, 1.165) is 6.42 Å². The first kappa shape index (κ1) is 15.6. The van der Waals surface area contributed by atoms with Crippen molar-refractivity contribution >= 4 is 5.97 Å². The molecule has 9 heteroatoms. The Labute approximate surface area is 114 Å². The number of ether oxygens (including phenoxy) is 1. The summed E-state index contributed by atoms with van der Waals surface area (Å²) < 4.78 is 4.70. The second kappa shape index (κ2) is 5.53. The highest BCUT2D eigenvalue weighted by molar-refractivity contribution is 5.76. The fraction of sp³-hybridized carbons (Fsp3) is 0.909. The molecule has 116 valence electrons. The lowest BCUT2D eigenvalue weighted by molar-refractivity contribution is -0.348. The van der Waals surface area contributed by atoms with Gasteiger partial charge in [0.25, 0.3) is 5.79 Å². The SMILES string of the molecule is O=C(OC1(O)[C@H](O)[C@H](O)C(O)[C@H](O)[C@H]1O)[C@@H]1CCCN1. The van der Waals surface area contributed by atoms with Crippen LogP contribution in [-0.2, 0) is 9.53 Å². The first-order chi connectivity index (χ1) is 9.29. The largest absolute Gasteiger partial charge is 0.426 e. The molecule has 0 aromatic rings. The maximum atomic E-state index is 11.8. The highest BCUT2D eigenvalue weighted by Crippen LogP contribution is 2.32. The average molecular weight is 293 g/mol. The number of nitrogens with one attached hydrogen (secondary N) is 1. The molecule has 1 aliphatic carbocycles. The maximum absolute atomic E-state index is 11.8. The molecule has 1 saturated carbocycles. The van der Waals surface area contributed by atoms with Gasteiger partial charge in [0.2, 0.25) is 0 Å². The van der Waals surface area contributed by atoms with E-state index in [4.69, 9.17) is 4.74 Å². The van der Waals surface area contributed by atoms with Gasteiger partial charge >= 0.3 is 5.97 Å². The molecule has 2 unspecified atom stereocenters. The van der Waals surface area contributed by atoms with Gasteiger partial charge in [-0.15, -0.1) is 0 Å². The summed E-state index contributed by atoms with van der Waals surface area (Å²) in [6, 6.07) is -0.695. The summed E-state index contributed by atoms with van der Waals surface area (Å²) in [5.74, 6) is -3.81. The molecule has 9 nitrogen and oxygen atoms in total. The fourth-order valence-corrected chi connectivity index (χ4v) is 2.48. The maximum Gasteiger partial charge on any atom is 0.325 e. The molecule has 0 radical (unpaired) electrons. The fourth-order valence-electron chi connectivity index (χ4n) is 2.48. The van der Waals surface area contributed by atoms with Crippen molar-refractivity contribution in [1.82, 2.24) is 5.32 Å². The number of rotatable bonds is 2. The van der Waals surface area contributed by atoms with Gasteiger partial charge in [-0.05, 0) is 19.4 Å². The zero-order chi connectivity index (χ0) is 15.1. The lowest BCUT2D eigenvalue weighted by Crippen LogP contribution is -2.72. The lowest BCUT2D eigenvalue weighted by Gasteiger charge is -2.46. The predicted octanol–water partition coefficient (Wildman–Crippen LogP) is -4.21. The zero-order valence-electron chi connectivity index (χ0n) is 10.6. The van der Waals surface area contributed by atoms with Gasteiger partial charge < -0.3 is 40.7 Å². The van der Waals surface area contributed by atoms with Gasteiger partial charge in [0, 0.05) is 0 Å². The molecule has 0 amide bonds. The van der Waals surface area contributed by atoms with Crippen LogP contribution in [0.1, 0.15) is 12.8 Å². The molecule has 1 aliphatic heterocycles. The summed E-state index contributed by atoms with van der Waals surface area (Å²) in [6.45, 7) is 0.591. The first-order valence-corrected chi connectivity index (χ1v) is 6.38. The van der Waals surface area contributed by atoms with E-state index in [1.54, 1.807) is 0 Å². The Morgan fingerprint density at radius 1 is 1.05 bits per heavy atom. The van der Waals surface area contributed by atoms with Crippen molar-refractivity contribution < 1.29 is 40.2 Å². The number of esters is 1. The van der Waals surface area contributed by atoms with Crippen LogP contribution in [0.5, 0.6) is 0 Å². The van der Waals surface area contributed by atoms with Crippen LogP contribution in [0.2, 0.25) is 0 Å². The number of carbonyl (C=O) groups excluding carboxylic acids is 1. The van der Waals surface area contributed by atoms with E-state index < -0.39 is 48.3 Å². The molecule has 2 aliphatic rings. The Hall–Kier alpha value is -0.810.